The summed E-state index contributed by atoms with van der Waals surface area (Å²) < 4.78 is 5.60. The Kier molecular flexibility index (Phi) is 3.97. The Labute approximate surface area is 133 Å². The molecule has 1 atom stereocenters. The molecule has 0 aromatic heterocycles. The van der Waals surface area contributed by atoms with Gasteiger partial charge in [-0.2, -0.15) is 0 Å². The number of amides is 1. The molecule has 0 saturated carbocycles. The number of ether oxygens (including phenoxy) is 1. The molecule has 6 heteroatoms. The van der Waals surface area contributed by atoms with Crippen LogP contribution in [0.1, 0.15) is 33.9 Å². The molecule has 2 aromatic rings. The van der Waals surface area contributed by atoms with Crippen LogP contribution in [0, 0.1) is 17.0 Å². The summed E-state index contributed by atoms with van der Waals surface area (Å²) >= 11 is 0. The Bertz CT molecular complexity index is 773. The second kappa shape index (κ2) is 6.08. The van der Waals surface area contributed by atoms with Crippen molar-refractivity contribution in [3.63, 3.8) is 0 Å². The van der Waals surface area contributed by atoms with Crippen LogP contribution in [-0.2, 0) is 0 Å². The maximum atomic E-state index is 12.5. The van der Waals surface area contributed by atoms with E-state index in [1.807, 2.05) is 25.1 Å². The van der Waals surface area contributed by atoms with E-state index in [9.17, 15) is 14.9 Å². The van der Waals surface area contributed by atoms with Crippen LogP contribution < -0.4 is 10.1 Å². The Morgan fingerprint density at radius 2 is 2.09 bits per heavy atom. The zero-order valence-corrected chi connectivity index (χ0v) is 12.6. The zero-order chi connectivity index (χ0) is 16.4. The molecule has 6 nitrogen and oxygen atoms in total. The summed E-state index contributed by atoms with van der Waals surface area (Å²) in [6.07, 6.45) is 0.628. The second-order valence-electron chi connectivity index (χ2n) is 5.48. The van der Waals surface area contributed by atoms with Crippen LogP contribution in [-0.4, -0.2) is 17.4 Å². The number of rotatable bonds is 3. The van der Waals surface area contributed by atoms with Gasteiger partial charge in [-0.3, -0.25) is 14.9 Å². The fourth-order valence-electron chi connectivity index (χ4n) is 2.72. The van der Waals surface area contributed by atoms with Gasteiger partial charge in [0.05, 0.1) is 17.6 Å². The highest BCUT2D eigenvalue weighted by Crippen LogP contribution is 2.33. The number of nitro benzene ring substituents is 1. The van der Waals surface area contributed by atoms with Gasteiger partial charge in [-0.25, -0.2) is 0 Å². The van der Waals surface area contributed by atoms with Crippen LogP contribution in [0.4, 0.5) is 5.69 Å². The molecular formula is C17H16N2O4. The Morgan fingerprint density at radius 1 is 1.30 bits per heavy atom. The standard InChI is InChI=1S/C17H16N2O4/c1-11-6-7-16-13(10-11)14(8-9-23-16)18-17(20)12-4-2-3-5-15(12)19(21)22/h2-7,10,14H,8-9H2,1H3,(H,18,20). The molecule has 3 rings (SSSR count). The molecule has 0 radical (unpaired) electrons. The van der Waals surface area contributed by atoms with Crippen molar-refractivity contribution < 1.29 is 14.5 Å². The predicted molar refractivity (Wildman–Crippen MR) is 84.6 cm³/mol. The van der Waals surface area contributed by atoms with Crippen molar-refractivity contribution in [2.24, 2.45) is 0 Å². The normalized spacial score (nSPS) is 16.1. The van der Waals surface area contributed by atoms with Gasteiger partial charge in [-0.15, -0.1) is 0 Å². The fourth-order valence-corrected chi connectivity index (χ4v) is 2.72. The van der Waals surface area contributed by atoms with Crippen LogP contribution in [0.15, 0.2) is 42.5 Å². The van der Waals surface area contributed by atoms with E-state index in [4.69, 9.17) is 4.74 Å². The highest BCUT2D eigenvalue weighted by atomic mass is 16.6. The molecule has 1 aliphatic rings. The van der Waals surface area contributed by atoms with Crippen LogP contribution in [0.25, 0.3) is 0 Å². The average molecular weight is 312 g/mol. The molecule has 1 heterocycles. The highest BCUT2D eigenvalue weighted by molar-refractivity contribution is 5.98. The second-order valence-corrected chi connectivity index (χ2v) is 5.48. The maximum Gasteiger partial charge on any atom is 0.282 e. The first-order chi connectivity index (χ1) is 11.1. The van der Waals surface area contributed by atoms with Gasteiger partial charge < -0.3 is 10.1 Å². The van der Waals surface area contributed by atoms with Crippen LogP contribution in [0.2, 0.25) is 0 Å². The lowest BCUT2D eigenvalue weighted by atomic mass is 9.98. The summed E-state index contributed by atoms with van der Waals surface area (Å²) in [5.41, 5.74) is 1.85. The molecule has 0 fully saturated rings. The molecule has 118 valence electrons. The summed E-state index contributed by atoms with van der Waals surface area (Å²) in [6.45, 7) is 2.47. The number of carbonyl (C=O) groups excluding carboxylic acids is 1. The van der Waals surface area contributed by atoms with E-state index in [1.165, 1.54) is 12.1 Å². The van der Waals surface area contributed by atoms with E-state index in [0.717, 1.165) is 16.9 Å². The third-order valence-corrected chi connectivity index (χ3v) is 3.86. The first kappa shape index (κ1) is 15.0. The number of benzene rings is 2. The van der Waals surface area contributed by atoms with Gasteiger partial charge in [0, 0.05) is 18.1 Å². The molecule has 23 heavy (non-hydrogen) atoms. The van der Waals surface area contributed by atoms with Crippen LogP contribution in [0.5, 0.6) is 5.75 Å². The molecule has 2 aromatic carbocycles. The van der Waals surface area contributed by atoms with E-state index in [1.54, 1.807) is 12.1 Å². The number of hydrogen-bond acceptors (Lipinski definition) is 4. The Hall–Kier alpha value is -2.89. The quantitative estimate of drug-likeness (QED) is 0.697. The highest BCUT2D eigenvalue weighted by Gasteiger charge is 2.26. The van der Waals surface area contributed by atoms with Gasteiger partial charge in [0.1, 0.15) is 11.3 Å². The largest absolute Gasteiger partial charge is 0.493 e. The number of nitrogens with zero attached hydrogens (tertiary/aromatic N) is 1. The van der Waals surface area contributed by atoms with E-state index in [2.05, 4.69) is 5.32 Å². The van der Waals surface area contributed by atoms with E-state index >= 15 is 0 Å². The smallest absolute Gasteiger partial charge is 0.282 e. The third-order valence-electron chi connectivity index (χ3n) is 3.86. The van der Waals surface area contributed by atoms with E-state index in [0.29, 0.717) is 13.0 Å². The Morgan fingerprint density at radius 3 is 2.87 bits per heavy atom. The summed E-state index contributed by atoms with van der Waals surface area (Å²) in [5, 5.41) is 14.0. The average Bonchev–Trinajstić information content (AvgIpc) is 2.55. The maximum absolute atomic E-state index is 12.5. The number of nitrogens with one attached hydrogen (secondary N) is 1. The molecule has 0 bridgehead atoms. The zero-order valence-electron chi connectivity index (χ0n) is 12.6. The minimum Gasteiger partial charge on any atom is -0.493 e. The number of fused-ring (bicyclic) bond motifs is 1. The molecule has 0 saturated heterocycles. The summed E-state index contributed by atoms with van der Waals surface area (Å²) in [7, 11) is 0. The van der Waals surface area contributed by atoms with Crippen molar-refractivity contribution in [3.05, 3.63) is 69.3 Å². The lowest BCUT2D eigenvalue weighted by Gasteiger charge is -2.27. The number of carbonyl (C=O) groups is 1. The lowest BCUT2D eigenvalue weighted by molar-refractivity contribution is -0.385. The van der Waals surface area contributed by atoms with Crippen molar-refractivity contribution >= 4 is 11.6 Å². The number of nitro groups is 1. The van der Waals surface area contributed by atoms with Crippen LogP contribution in [0.3, 0.4) is 0 Å². The monoisotopic (exact) mass is 312 g/mol. The van der Waals surface area contributed by atoms with Crippen molar-refractivity contribution in [1.29, 1.82) is 0 Å². The summed E-state index contributed by atoms with van der Waals surface area (Å²) in [6, 6.07) is 11.5. The lowest BCUT2D eigenvalue weighted by Crippen LogP contribution is -2.32. The third kappa shape index (κ3) is 3.01. The summed E-state index contributed by atoms with van der Waals surface area (Å²) in [5.74, 6) is 0.298. The van der Waals surface area contributed by atoms with Crippen molar-refractivity contribution in [1.82, 2.24) is 5.32 Å². The van der Waals surface area contributed by atoms with Gasteiger partial charge in [-0.05, 0) is 19.1 Å². The number of aryl methyl sites for hydroxylation is 1. The minimum atomic E-state index is -0.545. The predicted octanol–water partition coefficient (Wildman–Crippen LogP) is 3.16. The van der Waals surface area contributed by atoms with Gasteiger partial charge >= 0.3 is 0 Å². The van der Waals surface area contributed by atoms with Crippen molar-refractivity contribution in [2.75, 3.05) is 6.61 Å². The fraction of sp³-hybridized carbons (Fsp3) is 0.235. The SMILES string of the molecule is Cc1ccc2c(c1)C(NC(=O)c1ccccc1[N+](=O)[O-])CCO2. The molecular weight excluding hydrogens is 296 g/mol. The molecule has 1 N–H and O–H groups in total. The molecule has 0 spiro atoms. The molecule has 1 aliphatic heterocycles. The summed E-state index contributed by atoms with van der Waals surface area (Å²) in [4.78, 5) is 23.0. The van der Waals surface area contributed by atoms with Crippen molar-refractivity contribution in [2.45, 2.75) is 19.4 Å². The first-order valence-electron chi connectivity index (χ1n) is 7.34. The number of hydrogen-bond donors (Lipinski definition) is 1. The first-order valence-corrected chi connectivity index (χ1v) is 7.34. The molecule has 1 amide bonds. The van der Waals surface area contributed by atoms with Crippen molar-refractivity contribution in [3.8, 4) is 5.75 Å². The van der Waals surface area contributed by atoms with Gasteiger partial charge in [0.2, 0.25) is 0 Å². The minimum absolute atomic E-state index is 0.0678. The molecule has 0 aliphatic carbocycles. The number of para-hydroxylation sites is 1. The van der Waals surface area contributed by atoms with Gasteiger partial charge in [-0.1, -0.05) is 29.8 Å². The van der Waals surface area contributed by atoms with Gasteiger partial charge in [0.15, 0.2) is 0 Å². The van der Waals surface area contributed by atoms with E-state index < -0.39 is 10.8 Å². The topological polar surface area (TPSA) is 81.5 Å². The van der Waals surface area contributed by atoms with Crippen LogP contribution >= 0.6 is 0 Å². The Balaban J connectivity index is 1.88. The van der Waals surface area contributed by atoms with E-state index in [-0.39, 0.29) is 17.3 Å². The molecule has 1 unspecified atom stereocenters. The van der Waals surface area contributed by atoms with Gasteiger partial charge in [0.25, 0.3) is 11.6 Å².